The maximum absolute atomic E-state index is 9.37. The molecule has 0 fully saturated rings. The van der Waals surface area contributed by atoms with E-state index in [0.29, 0.717) is 37.2 Å². The van der Waals surface area contributed by atoms with Crippen LogP contribution in [0.4, 0.5) is 11.6 Å². The van der Waals surface area contributed by atoms with E-state index in [0.717, 1.165) is 0 Å². The number of ether oxygens (including phenoxy) is 1. The standard InChI is InChI=1S/C11H21N5O2/c1-4-18-7-10-13-9(15-12)5-11(14-10)16(3)6-8(2)17/h5,8,17H,4,6-7,12H2,1-3H3,(H,13,14,15). The fourth-order valence-electron chi connectivity index (χ4n) is 1.50. The normalized spacial score (nSPS) is 12.3. The Morgan fingerprint density at radius 1 is 1.56 bits per heavy atom. The highest BCUT2D eigenvalue weighted by molar-refractivity contribution is 5.48. The molecule has 102 valence electrons. The minimum absolute atomic E-state index is 0.335. The number of nitrogens with two attached hydrogens (primary N) is 1. The summed E-state index contributed by atoms with van der Waals surface area (Å²) in [6.07, 6.45) is -0.436. The van der Waals surface area contributed by atoms with Gasteiger partial charge >= 0.3 is 0 Å². The molecule has 7 heteroatoms. The predicted octanol–water partition coefficient (Wildman–Crippen LogP) is 0.116. The number of aromatic nitrogens is 2. The smallest absolute Gasteiger partial charge is 0.158 e. The lowest BCUT2D eigenvalue weighted by Crippen LogP contribution is -2.28. The topological polar surface area (TPSA) is 96.5 Å². The lowest BCUT2D eigenvalue weighted by molar-refractivity contribution is 0.128. The third kappa shape index (κ3) is 4.44. The molecule has 1 aromatic heterocycles. The van der Waals surface area contributed by atoms with E-state index in [2.05, 4.69) is 15.4 Å². The zero-order chi connectivity index (χ0) is 13.5. The quantitative estimate of drug-likeness (QED) is 0.470. The molecular formula is C11H21N5O2. The number of nitrogens with one attached hydrogen (secondary N) is 1. The summed E-state index contributed by atoms with van der Waals surface area (Å²) >= 11 is 0. The lowest BCUT2D eigenvalue weighted by Gasteiger charge is -2.20. The predicted molar refractivity (Wildman–Crippen MR) is 70.1 cm³/mol. The van der Waals surface area contributed by atoms with Crippen LogP contribution in [-0.2, 0) is 11.3 Å². The van der Waals surface area contributed by atoms with E-state index in [4.69, 9.17) is 10.6 Å². The van der Waals surface area contributed by atoms with Crippen molar-refractivity contribution in [1.29, 1.82) is 0 Å². The van der Waals surface area contributed by atoms with Gasteiger partial charge in [-0.2, -0.15) is 0 Å². The molecule has 0 aromatic carbocycles. The van der Waals surface area contributed by atoms with Crippen LogP contribution in [0.2, 0.25) is 0 Å². The molecule has 1 heterocycles. The second kappa shape index (κ2) is 7.10. The van der Waals surface area contributed by atoms with E-state index in [-0.39, 0.29) is 0 Å². The van der Waals surface area contributed by atoms with Gasteiger partial charge in [0.1, 0.15) is 18.2 Å². The zero-order valence-corrected chi connectivity index (χ0v) is 11.1. The molecule has 0 aliphatic rings. The van der Waals surface area contributed by atoms with Gasteiger partial charge in [-0.1, -0.05) is 0 Å². The van der Waals surface area contributed by atoms with Crippen molar-refractivity contribution in [1.82, 2.24) is 9.97 Å². The van der Waals surface area contributed by atoms with Crippen LogP contribution < -0.4 is 16.2 Å². The van der Waals surface area contributed by atoms with Crippen molar-refractivity contribution in [3.63, 3.8) is 0 Å². The highest BCUT2D eigenvalue weighted by Gasteiger charge is 2.10. The molecule has 4 N–H and O–H groups in total. The molecule has 0 aliphatic carbocycles. The Balaban J connectivity index is 2.88. The molecule has 1 unspecified atom stereocenters. The van der Waals surface area contributed by atoms with Gasteiger partial charge in [0.2, 0.25) is 0 Å². The molecule has 1 aromatic rings. The van der Waals surface area contributed by atoms with E-state index in [1.54, 1.807) is 13.0 Å². The highest BCUT2D eigenvalue weighted by atomic mass is 16.5. The first kappa shape index (κ1) is 14.6. The van der Waals surface area contributed by atoms with Crippen molar-refractivity contribution in [3.05, 3.63) is 11.9 Å². The maximum Gasteiger partial charge on any atom is 0.158 e. The Bertz CT molecular complexity index is 372. The number of likely N-dealkylation sites (N-methyl/N-ethyl adjacent to an activating group) is 1. The van der Waals surface area contributed by atoms with Gasteiger partial charge < -0.3 is 20.2 Å². The van der Waals surface area contributed by atoms with E-state index < -0.39 is 6.10 Å². The largest absolute Gasteiger partial charge is 0.392 e. The maximum atomic E-state index is 9.37. The van der Waals surface area contributed by atoms with Crippen LogP contribution in [0.25, 0.3) is 0 Å². The van der Waals surface area contributed by atoms with Gasteiger partial charge in [0.05, 0.1) is 6.10 Å². The van der Waals surface area contributed by atoms with Crippen molar-refractivity contribution in [2.24, 2.45) is 5.84 Å². The summed E-state index contributed by atoms with van der Waals surface area (Å²) in [5.41, 5.74) is 2.50. The number of rotatable bonds is 7. The van der Waals surface area contributed by atoms with E-state index >= 15 is 0 Å². The molecule has 18 heavy (non-hydrogen) atoms. The number of hydrazine groups is 1. The minimum atomic E-state index is -0.436. The van der Waals surface area contributed by atoms with Crippen molar-refractivity contribution in [3.8, 4) is 0 Å². The summed E-state index contributed by atoms with van der Waals surface area (Å²) in [5, 5.41) is 9.37. The minimum Gasteiger partial charge on any atom is -0.392 e. The Labute approximate surface area is 107 Å². The van der Waals surface area contributed by atoms with Gasteiger partial charge in [-0.05, 0) is 13.8 Å². The number of aliphatic hydroxyl groups excluding tert-OH is 1. The van der Waals surface area contributed by atoms with Crippen LogP contribution in [0.3, 0.4) is 0 Å². The van der Waals surface area contributed by atoms with Crippen LogP contribution in [0.5, 0.6) is 0 Å². The molecule has 0 saturated heterocycles. The fraction of sp³-hybridized carbons (Fsp3) is 0.636. The Morgan fingerprint density at radius 2 is 2.28 bits per heavy atom. The average molecular weight is 255 g/mol. The number of anilines is 2. The van der Waals surface area contributed by atoms with Crippen LogP contribution in [0, 0.1) is 0 Å². The molecular weight excluding hydrogens is 234 g/mol. The second-order valence-electron chi connectivity index (χ2n) is 4.04. The van der Waals surface area contributed by atoms with Crippen molar-refractivity contribution in [2.75, 3.05) is 30.5 Å². The average Bonchev–Trinajstić information content (AvgIpc) is 2.35. The van der Waals surface area contributed by atoms with Gasteiger partial charge in [0.15, 0.2) is 5.82 Å². The first-order chi connectivity index (χ1) is 8.56. The first-order valence-electron chi connectivity index (χ1n) is 5.88. The van der Waals surface area contributed by atoms with Gasteiger partial charge in [-0.25, -0.2) is 15.8 Å². The summed E-state index contributed by atoms with van der Waals surface area (Å²) in [4.78, 5) is 10.4. The summed E-state index contributed by atoms with van der Waals surface area (Å²) in [7, 11) is 1.85. The molecule has 0 aliphatic heterocycles. The van der Waals surface area contributed by atoms with Gasteiger partial charge in [-0.15, -0.1) is 0 Å². The van der Waals surface area contributed by atoms with Crippen molar-refractivity contribution >= 4 is 11.6 Å². The number of aliphatic hydroxyl groups is 1. The Morgan fingerprint density at radius 3 is 2.83 bits per heavy atom. The first-order valence-corrected chi connectivity index (χ1v) is 5.88. The summed E-state index contributed by atoms with van der Waals surface area (Å²) in [5.74, 6) is 7.13. The number of hydrogen-bond acceptors (Lipinski definition) is 7. The summed E-state index contributed by atoms with van der Waals surface area (Å²) in [6.45, 7) is 5.05. The van der Waals surface area contributed by atoms with Crippen LogP contribution in [0.1, 0.15) is 19.7 Å². The summed E-state index contributed by atoms with van der Waals surface area (Å²) in [6, 6.07) is 1.72. The van der Waals surface area contributed by atoms with E-state index in [1.807, 2.05) is 18.9 Å². The van der Waals surface area contributed by atoms with Gasteiger partial charge in [0.25, 0.3) is 0 Å². The molecule has 1 rings (SSSR count). The summed E-state index contributed by atoms with van der Waals surface area (Å²) < 4.78 is 5.27. The van der Waals surface area contributed by atoms with E-state index in [9.17, 15) is 5.11 Å². The fourth-order valence-corrected chi connectivity index (χ4v) is 1.50. The van der Waals surface area contributed by atoms with E-state index in [1.165, 1.54) is 0 Å². The molecule has 0 bridgehead atoms. The molecule has 0 spiro atoms. The van der Waals surface area contributed by atoms with Crippen molar-refractivity contribution < 1.29 is 9.84 Å². The second-order valence-corrected chi connectivity index (χ2v) is 4.04. The Kier molecular flexibility index (Phi) is 5.76. The SMILES string of the molecule is CCOCc1nc(NN)cc(N(C)CC(C)O)n1. The number of nitrogens with zero attached hydrogens (tertiary/aromatic N) is 3. The monoisotopic (exact) mass is 255 g/mol. The third-order valence-electron chi connectivity index (χ3n) is 2.27. The van der Waals surface area contributed by atoms with Crippen molar-refractivity contribution in [2.45, 2.75) is 26.6 Å². The molecule has 7 nitrogen and oxygen atoms in total. The molecule has 0 saturated carbocycles. The number of hydrogen-bond donors (Lipinski definition) is 3. The third-order valence-corrected chi connectivity index (χ3v) is 2.27. The Hall–Kier alpha value is -1.44. The van der Waals surface area contributed by atoms with Gasteiger partial charge in [-0.3, -0.25) is 0 Å². The lowest BCUT2D eigenvalue weighted by atomic mass is 10.3. The zero-order valence-electron chi connectivity index (χ0n) is 11.1. The molecule has 1 atom stereocenters. The van der Waals surface area contributed by atoms with Crippen LogP contribution in [0.15, 0.2) is 6.07 Å². The number of nitrogen functional groups attached to an aromatic ring is 1. The molecule has 0 radical (unpaired) electrons. The van der Waals surface area contributed by atoms with Gasteiger partial charge in [0, 0.05) is 26.3 Å². The highest BCUT2D eigenvalue weighted by Crippen LogP contribution is 2.15. The molecule has 0 amide bonds. The van der Waals surface area contributed by atoms with Crippen LogP contribution in [-0.4, -0.2) is 41.4 Å². The van der Waals surface area contributed by atoms with Crippen LogP contribution >= 0.6 is 0 Å².